The second kappa shape index (κ2) is 11.4. The first-order valence-electron chi connectivity index (χ1n) is 9.74. The third kappa shape index (κ3) is 7.34. The summed E-state index contributed by atoms with van der Waals surface area (Å²) in [5.41, 5.74) is 0.732. The highest BCUT2D eigenvalue weighted by Gasteiger charge is 2.29. The number of carbonyl (C=O) groups is 2. The molecular weight excluding hydrogens is 424 g/mol. The number of benzene rings is 1. The number of aliphatic hydroxyl groups is 1. The molecule has 0 spiro atoms. The number of esters is 1. The molecule has 1 unspecified atom stereocenters. The number of nitrogens with zero attached hydrogens (tertiary/aromatic N) is 1. The van der Waals surface area contributed by atoms with Crippen LogP contribution in [0.5, 0.6) is 5.75 Å². The van der Waals surface area contributed by atoms with Crippen molar-refractivity contribution in [3.05, 3.63) is 59.4 Å². The van der Waals surface area contributed by atoms with Crippen molar-refractivity contribution in [2.24, 2.45) is 0 Å². The van der Waals surface area contributed by atoms with E-state index in [-0.39, 0.29) is 12.2 Å². The molecule has 0 saturated heterocycles. The number of nitrogens with one attached hydrogen (secondary N) is 1. The van der Waals surface area contributed by atoms with Crippen molar-refractivity contribution in [1.82, 2.24) is 9.71 Å². The molecule has 0 aliphatic carbocycles. The van der Waals surface area contributed by atoms with Gasteiger partial charge in [-0.1, -0.05) is 25.5 Å². The van der Waals surface area contributed by atoms with E-state index in [2.05, 4.69) is 4.98 Å². The number of rotatable bonds is 11. The summed E-state index contributed by atoms with van der Waals surface area (Å²) >= 11 is 0. The quantitative estimate of drug-likeness (QED) is 0.393. The smallest absolute Gasteiger partial charge is 0.303 e. The van der Waals surface area contributed by atoms with Crippen LogP contribution >= 0.6 is 0 Å². The molecule has 1 heterocycles. The molecule has 0 fully saturated rings. The number of amides is 1. The fourth-order valence-corrected chi connectivity index (χ4v) is 3.80. The Morgan fingerprint density at radius 1 is 1.16 bits per heavy atom. The minimum atomic E-state index is -4.23. The average molecular weight is 451 g/mol. The molecule has 1 aromatic heterocycles. The molecule has 0 aliphatic heterocycles. The van der Waals surface area contributed by atoms with Crippen molar-refractivity contribution < 1.29 is 32.6 Å². The van der Waals surface area contributed by atoms with Gasteiger partial charge in [-0.2, -0.15) is 0 Å². The van der Waals surface area contributed by atoms with Gasteiger partial charge in [-0.25, -0.2) is 13.1 Å². The molecule has 1 amide bonds. The number of pyridine rings is 1. The minimum absolute atomic E-state index is 0.00603. The third-order valence-electron chi connectivity index (χ3n) is 4.30. The zero-order chi connectivity index (χ0) is 22.9. The maximum Gasteiger partial charge on any atom is 0.303 e. The van der Waals surface area contributed by atoms with Crippen molar-refractivity contribution >= 4 is 21.9 Å². The first kappa shape index (κ1) is 24.3. The van der Waals surface area contributed by atoms with Gasteiger partial charge in [-0.05, 0) is 36.2 Å². The van der Waals surface area contributed by atoms with E-state index in [0.717, 1.165) is 12.8 Å². The van der Waals surface area contributed by atoms with Crippen LogP contribution in [0.4, 0.5) is 0 Å². The Labute approximate surface area is 181 Å². The SMILES string of the molecule is CCCCOc1ccc(C(CO)S(=O)(=O)NC(=O)c2ccc(COC(C)=O)nc2)cc1. The summed E-state index contributed by atoms with van der Waals surface area (Å²) in [4.78, 5) is 27.2. The lowest BCUT2D eigenvalue weighted by Gasteiger charge is -2.17. The Hall–Kier alpha value is -2.98. The monoisotopic (exact) mass is 450 g/mol. The van der Waals surface area contributed by atoms with E-state index in [1.165, 1.54) is 37.4 Å². The Morgan fingerprint density at radius 3 is 2.42 bits per heavy atom. The normalized spacial score (nSPS) is 12.1. The standard InChI is InChI=1S/C21H26N2O7S/c1-3-4-11-29-19-9-6-16(7-10-19)20(13-24)31(27,28)23-21(26)17-5-8-18(22-12-17)14-30-15(2)25/h5-10,12,20,24H,3-4,11,13-14H2,1-2H3,(H,23,26). The summed E-state index contributed by atoms with van der Waals surface area (Å²) in [6.45, 7) is 3.10. The van der Waals surface area contributed by atoms with Crippen LogP contribution in [-0.4, -0.2) is 43.6 Å². The lowest BCUT2D eigenvalue weighted by Crippen LogP contribution is -2.35. The number of carbonyl (C=O) groups excluding carboxylic acids is 2. The van der Waals surface area contributed by atoms with Gasteiger partial charge in [0.25, 0.3) is 5.91 Å². The van der Waals surface area contributed by atoms with Gasteiger partial charge in [-0.15, -0.1) is 0 Å². The number of hydrogen-bond donors (Lipinski definition) is 2. The molecule has 9 nitrogen and oxygen atoms in total. The Morgan fingerprint density at radius 2 is 1.87 bits per heavy atom. The van der Waals surface area contributed by atoms with Gasteiger partial charge in [0.2, 0.25) is 10.0 Å². The van der Waals surface area contributed by atoms with Crippen LogP contribution in [-0.2, 0) is 26.2 Å². The first-order valence-corrected chi connectivity index (χ1v) is 11.3. The van der Waals surface area contributed by atoms with E-state index in [9.17, 15) is 23.1 Å². The lowest BCUT2D eigenvalue weighted by atomic mass is 10.1. The summed E-state index contributed by atoms with van der Waals surface area (Å²) < 4.78 is 37.7. The largest absolute Gasteiger partial charge is 0.494 e. The maximum atomic E-state index is 12.7. The average Bonchev–Trinajstić information content (AvgIpc) is 2.74. The highest BCUT2D eigenvalue weighted by atomic mass is 32.2. The molecular formula is C21H26N2O7S. The molecule has 2 rings (SSSR count). The van der Waals surface area contributed by atoms with Crippen LogP contribution in [0.25, 0.3) is 0 Å². The molecule has 10 heteroatoms. The van der Waals surface area contributed by atoms with Crippen molar-refractivity contribution in [1.29, 1.82) is 0 Å². The lowest BCUT2D eigenvalue weighted by molar-refractivity contribution is -0.142. The minimum Gasteiger partial charge on any atom is -0.494 e. The zero-order valence-electron chi connectivity index (χ0n) is 17.4. The van der Waals surface area contributed by atoms with Gasteiger partial charge in [-0.3, -0.25) is 14.6 Å². The van der Waals surface area contributed by atoms with E-state index >= 15 is 0 Å². The van der Waals surface area contributed by atoms with Crippen LogP contribution in [0.2, 0.25) is 0 Å². The highest BCUT2D eigenvalue weighted by molar-refractivity contribution is 7.90. The number of hydrogen-bond acceptors (Lipinski definition) is 8. The fraction of sp³-hybridized carbons (Fsp3) is 0.381. The number of aromatic nitrogens is 1. The van der Waals surface area contributed by atoms with Crippen LogP contribution in [0.1, 0.15) is 53.6 Å². The summed E-state index contributed by atoms with van der Waals surface area (Å²) in [6.07, 6.45) is 3.08. The molecule has 1 aromatic carbocycles. The Balaban J connectivity index is 2.06. The molecule has 0 aliphatic rings. The van der Waals surface area contributed by atoms with Gasteiger partial charge < -0.3 is 14.6 Å². The van der Waals surface area contributed by atoms with E-state index in [1.54, 1.807) is 12.1 Å². The van der Waals surface area contributed by atoms with Crippen molar-refractivity contribution in [2.45, 2.75) is 38.5 Å². The topological polar surface area (TPSA) is 132 Å². The van der Waals surface area contributed by atoms with Crippen LogP contribution in [0.3, 0.4) is 0 Å². The number of ether oxygens (including phenoxy) is 2. The van der Waals surface area contributed by atoms with E-state index in [0.29, 0.717) is 23.6 Å². The van der Waals surface area contributed by atoms with Gasteiger partial charge in [0.1, 0.15) is 17.6 Å². The molecule has 0 saturated carbocycles. The maximum absolute atomic E-state index is 12.7. The fourth-order valence-electron chi connectivity index (χ4n) is 2.57. The number of unbranched alkanes of at least 4 members (excludes halogenated alkanes) is 1. The molecule has 2 aromatic rings. The molecule has 1 atom stereocenters. The summed E-state index contributed by atoms with van der Waals surface area (Å²) in [6, 6.07) is 9.14. The summed E-state index contributed by atoms with van der Waals surface area (Å²) in [5.74, 6) is -0.759. The summed E-state index contributed by atoms with van der Waals surface area (Å²) in [5, 5.41) is 8.33. The zero-order valence-corrected chi connectivity index (χ0v) is 18.2. The van der Waals surface area contributed by atoms with Gasteiger partial charge >= 0.3 is 5.97 Å². The van der Waals surface area contributed by atoms with E-state index in [1.807, 2.05) is 11.6 Å². The van der Waals surface area contributed by atoms with Crippen molar-refractivity contribution in [3.63, 3.8) is 0 Å². The predicted octanol–water partition coefficient (Wildman–Crippen LogP) is 2.12. The van der Waals surface area contributed by atoms with Crippen molar-refractivity contribution in [3.8, 4) is 5.75 Å². The van der Waals surface area contributed by atoms with Gasteiger partial charge in [0.05, 0.1) is 24.5 Å². The van der Waals surface area contributed by atoms with E-state index in [4.69, 9.17) is 9.47 Å². The second-order valence-corrected chi connectivity index (χ2v) is 8.60. The van der Waals surface area contributed by atoms with Crippen LogP contribution in [0, 0.1) is 0 Å². The Kier molecular flexibility index (Phi) is 8.95. The number of aliphatic hydroxyl groups excluding tert-OH is 1. The molecule has 0 radical (unpaired) electrons. The Bertz CT molecular complexity index is 974. The highest BCUT2D eigenvalue weighted by Crippen LogP contribution is 2.24. The predicted molar refractivity (Wildman–Crippen MR) is 113 cm³/mol. The third-order valence-corrected chi connectivity index (χ3v) is 5.94. The number of sulfonamides is 1. The van der Waals surface area contributed by atoms with Gasteiger partial charge in [0, 0.05) is 13.1 Å². The first-order chi connectivity index (χ1) is 14.8. The second-order valence-electron chi connectivity index (χ2n) is 6.74. The molecule has 2 N–H and O–H groups in total. The molecule has 0 bridgehead atoms. The van der Waals surface area contributed by atoms with Crippen molar-refractivity contribution in [2.75, 3.05) is 13.2 Å². The summed E-state index contributed by atoms with van der Waals surface area (Å²) in [7, 11) is -4.23. The van der Waals surface area contributed by atoms with Gasteiger partial charge in [0.15, 0.2) is 0 Å². The molecule has 31 heavy (non-hydrogen) atoms. The van der Waals surface area contributed by atoms with E-state index < -0.39 is 33.8 Å². The van der Waals surface area contributed by atoms with Crippen LogP contribution < -0.4 is 9.46 Å². The molecule has 168 valence electrons. The van der Waals surface area contributed by atoms with Crippen LogP contribution in [0.15, 0.2) is 42.6 Å².